The van der Waals surface area contributed by atoms with E-state index in [0.717, 1.165) is 38.5 Å². The molecule has 2 unspecified atom stereocenters. The molecule has 2 rings (SSSR count). The van der Waals surface area contributed by atoms with Gasteiger partial charge in [0.25, 0.3) is 0 Å². The van der Waals surface area contributed by atoms with Crippen LogP contribution in [0.25, 0.3) is 0 Å². The Morgan fingerprint density at radius 3 is 1.31 bits per heavy atom. The van der Waals surface area contributed by atoms with Crippen molar-refractivity contribution in [3.63, 3.8) is 0 Å². The lowest BCUT2D eigenvalue weighted by molar-refractivity contribution is 0.0484. The van der Waals surface area contributed by atoms with Gasteiger partial charge in [-0.1, -0.05) is 25.7 Å². The Morgan fingerprint density at radius 1 is 0.625 bits per heavy atom. The van der Waals surface area contributed by atoms with Crippen molar-refractivity contribution in [1.82, 2.24) is 0 Å². The van der Waals surface area contributed by atoms with Crippen molar-refractivity contribution in [2.75, 3.05) is 0 Å². The number of rotatable bonds is 1. The quantitative estimate of drug-likeness (QED) is 0.491. The normalized spacial score (nSPS) is 38.2. The number of nitrogens with two attached hydrogens (primary N) is 4. The number of hydrogen-bond donors (Lipinski definition) is 4. The van der Waals surface area contributed by atoms with Crippen LogP contribution in [-0.2, 0) is 0 Å². The largest absolute Gasteiger partial charge is 0.313 e. The summed E-state index contributed by atoms with van der Waals surface area (Å²) in [6, 6.07) is 0. The summed E-state index contributed by atoms with van der Waals surface area (Å²) in [5.74, 6) is 0.605. The van der Waals surface area contributed by atoms with Crippen LogP contribution in [0.1, 0.15) is 51.4 Å². The van der Waals surface area contributed by atoms with Gasteiger partial charge < -0.3 is 22.9 Å². The predicted octanol–water partition coefficient (Wildman–Crippen LogP) is 0.594. The first-order chi connectivity index (χ1) is 7.43. The van der Waals surface area contributed by atoms with E-state index < -0.39 is 11.3 Å². The minimum Gasteiger partial charge on any atom is -0.313 e. The first-order valence-electron chi connectivity index (χ1n) is 6.59. The van der Waals surface area contributed by atoms with Gasteiger partial charge in [-0.15, -0.1) is 0 Å². The molecule has 2 saturated carbocycles. The molecule has 0 aromatic rings. The van der Waals surface area contributed by atoms with E-state index in [2.05, 4.69) is 0 Å². The third kappa shape index (κ3) is 2.25. The highest BCUT2D eigenvalue weighted by atomic mass is 15.0. The molecule has 0 amide bonds. The van der Waals surface area contributed by atoms with Gasteiger partial charge in [-0.3, -0.25) is 0 Å². The lowest BCUT2D eigenvalue weighted by Gasteiger charge is -2.49. The topological polar surface area (TPSA) is 104 Å². The van der Waals surface area contributed by atoms with Crippen molar-refractivity contribution < 1.29 is 0 Å². The van der Waals surface area contributed by atoms with E-state index in [0.29, 0.717) is 11.8 Å². The van der Waals surface area contributed by atoms with Crippen LogP contribution in [0.3, 0.4) is 0 Å². The molecule has 0 aromatic heterocycles. The molecule has 2 fully saturated rings. The van der Waals surface area contributed by atoms with E-state index in [-0.39, 0.29) is 0 Å². The van der Waals surface area contributed by atoms with Gasteiger partial charge in [-0.2, -0.15) is 0 Å². The van der Waals surface area contributed by atoms with Gasteiger partial charge in [-0.05, 0) is 37.5 Å². The third-order valence-electron chi connectivity index (χ3n) is 4.62. The summed E-state index contributed by atoms with van der Waals surface area (Å²) in [6.45, 7) is 0. The maximum atomic E-state index is 6.24. The second-order valence-corrected chi connectivity index (χ2v) is 5.93. The lowest BCUT2D eigenvalue weighted by Crippen LogP contribution is -2.67. The molecule has 4 heteroatoms. The SMILES string of the molecule is NC1(N)CCCCC1C1CCCCC1(N)N. The highest BCUT2D eigenvalue weighted by Gasteiger charge is 2.46. The van der Waals surface area contributed by atoms with Gasteiger partial charge in [-0.25, -0.2) is 0 Å². The van der Waals surface area contributed by atoms with Crippen molar-refractivity contribution in [1.29, 1.82) is 0 Å². The zero-order valence-corrected chi connectivity index (χ0v) is 10.1. The monoisotopic (exact) mass is 226 g/mol. The maximum Gasteiger partial charge on any atom is 0.0669 e. The van der Waals surface area contributed by atoms with Crippen LogP contribution in [0.5, 0.6) is 0 Å². The number of hydrogen-bond acceptors (Lipinski definition) is 4. The van der Waals surface area contributed by atoms with Gasteiger partial charge >= 0.3 is 0 Å². The summed E-state index contributed by atoms with van der Waals surface area (Å²) < 4.78 is 0. The molecular formula is C12H26N4. The summed E-state index contributed by atoms with van der Waals surface area (Å²) >= 11 is 0. The van der Waals surface area contributed by atoms with Crippen molar-refractivity contribution in [3.8, 4) is 0 Å². The zero-order valence-electron chi connectivity index (χ0n) is 10.1. The molecule has 0 saturated heterocycles. The Bertz CT molecular complexity index is 223. The molecule has 0 spiro atoms. The second kappa shape index (κ2) is 4.26. The summed E-state index contributed by atoms with van der Waals surface area (Å²) in [6.07, 6.45) is 8.70. The first kappa shape index (κ1) is 12.3. The van der Waals surface area contributed by atoms with Crippen LogP contribution >= 0.6 is 0 Å². The van der Waals surface area contributed by atoms with Crippen LogP contribution < -0.4 is 22.9 Å². The van der Waals surface area contributed by atoms with Crippen LogP contribution in [0.4, 0.5) is 0 Å². The molecule has 94 valence electrons. The van der Waals surface area contributed by atoms with E-state index >= 15 is 0 Å². The molecule has 0 aromatic carbocycles. The van der Waals surface area contributed by atoms with Crippen LogP contribution in [0.2, 0.25) is 0 Å². The molecule has 2 atom stereocenters. The minimum atomic E-state index is -0.551. The zero-order chi connectivity index (χ0) is 11.8. The Hall–Kier alpha value is -0.160. The van der Waals surface area contributed by atoms with Gasteiger partial charge in [0.1, 0.15) is 0 Å². The highest BCUT2D eigenvalue weighted by molar-refractivity contribution is 5.01. The van der Waals surface area contributed by atoms with Crippen molar-refractivity contribution in [2.45, 2.75) is 62.7 Å². The standard InChI is InChI=1S/C12H26N4/c13-11(14)7-3-1-5-9(11)10-6-2-4-8-12(10,15)16/h9-10H,1-8,13-16H2. The average Bonchev–Trinajstić information content (AvgIpc) is 2.18. The van der Waals surface area contributed by atoms with E-state index in [9.17, 15) is 0 Å². The second-order valence-electron chi connectivity index (χ2n) is 5.93. The highest BCUT2D eigenvalue weighted by Crippen LogP contribution is 2.42. The minimum absolute atomic E-state index is 0.302. The van der Waals surface area contributed by atoms with Crippen molar-refractivity contribution in [3.05, 3.63) is 0 Å². The van der Waals surface area contributed by atoms with E-state index in [1.54, 1.807) is 0 Å². The Morgan fingerprint density at radius 2 is 1.00 bits per heavy atom. The Balaban J connectivity index is 2.15. The fourth-order valence-electron chi connectivity index (χ4n) is 3.65. The molecule has 4 nitrogen and oxygen atoms in total. The average molecular weight is 226 g/mol. The molecule has 0 bridgehead atoms. The molecule has 16 heavy (non-hydrogen) atoms. The molecule has 8 N–H and O–H groups in total. The van der Waals surface area contributed by atoms with Gasteiger partial charge in [0.2, 0.25) is 0 Å². The van der Waals surface area contributed by atoms with E-state index in [1.165, 1.54) is 12.8 Å². The molecule has 2 aliphatic carbocycles. The smallest absolute Gasteiger partial charge is 0.0669 e. The molecule has 2 aliphatic rings. The van der Waals surface area contributed by atoms with E-state index in [4.69, 9.17) is 22.9 Å². The van der Waals surface area contributed by atoms with Gasteiger partial charge in [0.05, 0.1) is 11.3 Å². The summed E-state index contributed by atoms with van der Waals surface area (Å²) in [5, 5.41) is 0. The Labute approximate surface area is 98.1 Å². The molecular weight excluding hydrogens is 200 g/mol. The molecule has 0 aliphatic heterocycles. The van der Waals surface area contributed by atoms with Crippen LogP contribution in [-0.4, -0.2) is 11.3 Å². The fraction of sp³-hybridized carbons (Fsp3) is 1.00. The van der Waals surface area contributed by atoms with Crippen molar-refractivity contribution >= 4 is 0 Å². The third-order valence-corrected chi connectivity index (χ3v) is 4.62. The summed E-state index contributed by atoms with van der Waals surface area (Å²) in [4.78, 5) is 0. The summed E-state index contributed by atoms with van der Waals surface area (Å²) in [7, 11) is 0. The molecule has 0 heterocycles. The Kier molecular flexibility index (Phi) is 3.27. The van der Waals surface area contributed by atoms with Crippen LogP contribution in [0.15, 0.2) is 0 Å². The van der Waals surface area contributed by atoms with Gasteiger partial charge in [0, 0.05) is 0 Å². The van der Waals surface area contributed by atoms with Crippen molar-refractivity contribution in [2.24, 2.45) is 34.8 Å². The molecule has 0 radical (unpaired) electrons. The predicted molar refractivity (Wildman–Crippen MR) is 66.1 cm³/mol. The first-order valence-corrected chi connectivity index (χ1v) is 6.59. The van der Waals surface area contributed by atoms with Gasteiger partial charge in [0.15, 0.2) is 0 Å². The van der Waals surface area contributed by atoms with E-state index in [1.807, 2.05) is 0 Å². The summed E-state index contributed by atoms with van der Waals surface area (Å²) in [5.41, 5.74) is 23.9. The van der Waals surface area contributed by atoms with Crippen LogP contribution in [0, 0.1) is 11.8 Å². The fourth-order valence-corrected chi connectivity index (χ4v) is 3.65. The maximum absolute atomic E-state index is 6.24. The lowest BCUT2D eigenvalue weighted by atomic mass is 9.64.